The van der Waals surface area contributed by atoms with E-state index in [1.807, 2.05) is 12.4 Å². The molecule has 0 bridgehead atoms. The maximum absolute atomic E-state index is 4.25. The Labute approximate surface area is 104 Å². The van der Waals surface area contributed by atoms with Crippen LogP contribution in [-0.4, -0.2) is 24.6 Å². The predicted octanol–water partition coefficient (Wildman–Crippen LogP) is 2.43. The molecule has 2 rings (SSSR count). The number of anilines is 1. The number of hydrogen-bond donors (Lipinski definition) is 1. The second-order valence-electron chi connectivity index (χ2n) is 5.43. The molecule has 0 spiro atoms. The summed E-state index contributed by atoms with van der Waals surface area (Å²) in [6.45, 7) is 6.52. The van der Waals surface area contributed by atoms with Gasteiger partial charge >= 0.3 is 0 Å². The van der Waals surface area contributed by atoms with Gasteiger partial charge in [-0.05, 0) is 30.4 Å². The zero-order chi connectivity index (χ0) is 12.3. The smallest absolute Gasteiger partial charge is 0.0595 e. The summed E-state index contributed by atoms with van der Waals surface area (Å²) >= 11 is 0. The molecule has 1 aromatic rings. The van der Waals surface area contributed by atoms with Crippen molar-refractivity contribution in [1.29, 1.82) is 0 Å². The second-order valence-corrected chi connectivity index (χ2v) is 5.43. The zero-order valence-electron chi connectivity index (χ0n) is 11.1. The van der Waals surface area contributed by atoms with Crippen LogP contribution in [0, 0.1) is 5.92 Å². The van der Waals surface area contributed by atoms with Gasteiger partial charge in [0.1, 0.15) is 0 Å². The first-order valence-electron chi connectivity index (χ1n) is 6.54. The largest absolute Gasteiger partial charge is 0.373 e. The molecule has 1 aliphatic carbocycles. The van der Waals surface area contributed by atoms with Crippen LogP contribution in [0.1, 0.15) is 32.3 Å². The minimum Gasteiger partial charge on any atom is -0.373 e. The van der Waals surface area contributed by atoms with Gasteiger partial charge in [-0.25, -0.2) is 0 Å². The first-order valence-corrected chi connectivity index (χ1v) is 6.54. The molecule has 94 valence electrons. The van der Waals surface area contributed by atoms with E-state index < -0.39 is 0 Å². The number of hydrogen-bond acceptors (Lipinski definition) is 3. The summed E-state index contributed by atoms with van der Waals surface area (Å²) in [7, 11) is 2.15. The second kappa shape index (κ2) is 5.50. The maximum Gasteiger partial charge on any atom is 0.0595 e. The van der Waals surface area contributed by atoms with Gasteiger partial charge in [-0.15, -0.1) is 0 Å². The van der Waals surface area contributed by atoms with Crippen LogP contribution in [-0.2, 0) is 6.54 Å². The van der Waals surface area contributed by atoms with E-state index in [-0.39, 0.29) is 0 Å². The van der Waals surface area contributed by atoms with Crippen LogP contribution >= 0.6 is 0 Å². The first kappa shape index (κ1) is 12.4. The van der Waals surface area contributed by atoms with Gasteiger partial charge in [-0.3, -0.25) is 4.98 Å². The molecule has 0 aliphatic heterocycles. The minimum atomic E-state index is 0.671. The summed E-state index contributed by atoms with van der Waals surface area (Å²) in [5, 5.41) is 3.57. The molecule has 1 fully saturated rings. The molecule has 1 heterocycles. The molecule has 3 nitrogen and oxygen atoms in total. The predicted molar refractivity (Wildman–Crippen MR) is 72.2 cm³/mol. The number of pyridine rings is 1. The van der Waals surface area contributed by atoms with Crippen molar-refractivity contribution in [2.45, 2.75) is 39.3 Å². The van der Waals surface area contributed by atoms with Crippen molar-refractivity contribution in [3.05, 3.63) is 24.0 Å². The average Bonchev–Trinajstić information content (AvgIpc) is 3.09. The Kier molecular flexibility index (Phi) is 4.00. The van der Waals surface area contributed by atoms with Gasteiger partial charge in [0.25, 0.3) is 0 Å². The normalized spacial score (nSPS) is 15.3. The lowest BCUT2D eigenvalue weighted by molar-refractivity contribution is 0.632. The summed E-state index contributed by atoms with van der Waals surface area (Å²) in [4.78, 5) is 6.55. The molecular formula is C14H23N3. The van der Waals surface area contributed by atoms with E-state index in [0.29, 0.717) is 5.92 Å². The third-order valence-electron chi connectivity index (χ3n) is 3.10. The third-order valence-corrected chi connectivity index (χ3v) is 3.10. The fraction of sp³-hybridized carbons (Fsp3) is 0.643. The summed E-state index contributed by atoms with van der Waals surface area (Å²) in [6.07, 6.45) is 6.54. The highest BCUT2D eigenvalue weighted by atomic mass is 15.1. The summed E-state index contributed by atoms with van der Waals surface area (Å²) in [6, 6.07) is 2.88. The van der Waals surface area contributed by atoms with E-state index >= 15 is 0 Å². The number of rotatable bonds is 6. The summed E-state index contributed by atoms with van der Waals surface area (Å²) in [5.41, 5.74) is 2.62. The van der Waals surface area contributed by atoms with Crippen LogP contribution in [0.5, 0.6) is 0 Å². The molecular weight excluding hydrogens is 210 g/mol. The Balaban J connectivity index is 2.02. The number of aromatic nitrogens is 1. The third kappa shape index (κ3) is 3.70. The molecule has 1 aromatic heterocycles. The van der Waals surface area contributed by atoms with E-state index in [1.54, 1.807) is 0 Å². The highest BCUT2D eigenvalue weighted by Gasteiger charge is 2.20. The fourth-order valence-corrected chi connectivity index (χ4v) is 2.10. The summed E-state index contributed by atoms with van der Waals surface area (Å²) < 4.78 is 0. The molecule has 1 N–H and O–H groups in total. The Morgan fingerprint density at radius 1 is 1.47 bits per heavy atom. The Hall–Kier alpha value is -1.09. The monoisotopic (exact) mass is 233 g/mol. The molecule has 3 heteroatoms. The topological polar surface area (TPSA) is 28.2 Å². The van der Waals surface area contributed by atoms with Gasteiger partial charge in [0.15, 0.2) is 0 Å². The van der Waals surface area contributed by atoms with Crippen molar-refractivity contribution in [3.8, 4) is 0 Å². The Morgan fingerprint density at radius 3 is 2.88 bits per heavy atom. The van der Waals surface area contributed by atoms with Crippen molar-refractivity contribution in [2.75, 3.05) is 18.5 Å². The van der Waals surface area contributed by atoms with Crippen molar-refractivity contribution in [1.82, 2.24) is 10.3 Å². The number of nitrogens with zero attached hydrogens (tertiary/aromatic N) is 2. The lowest BCUT2D eigenvalue weighted by Crippen LogP contribution is -2.25. The van der Waals surface area contributed by atoms with Crippen molar-refractivity contribution in [3.63, 3.8) is 0 Å². The molecule has 0 amide bonds. The van der Waals surface area contributed by atoms with Gasteiger partial charge in [-0.2, -0.15) is 0 Å². The van der Waals surface area contributed by atoms with Crippen LogP contribution in [0.25, 0.3) is 0 Å². The Bertz CT molecular complexity index is 358. The van der Waals surface area contributed by atoms with E-state index in [0.717, 1.165) is 19.1 Å². The van der Waals surface area contributed by atoms with E-state index in [1.165, 1.54) is 24.1 Å². The van der Waals surface area contributed by atoms with Gasteiger partial charge < -0.3 is 10.2 Å². The zero-order valence-corrected chi connectivity index (χ0v) is 11.1. The van der Waals surface area contributed by atoms with Gasteiger partial charge in [0.2, 0.25) is 0 Å². The highest BCUT2D eigenvalue weighted by Crippen LogP contribution is 2.22. The van der Waals surface area contributed by atoms with Crippen LogP contribution < -0.4 is 10.2 Å². The number of nitrogens with one attached hydrogen (secondary N) is 1. The molecule has 0 aromatic carbocycles. The lowest BCUT2D eigenvalue weighted by atomic mass is 10.1. The molecule has 0 radical (unpaired) electrons. The highest BCUT2D eigenvalue weighted by molar-refractivity contribution is 5.51. The maximum atomic E-state index is 4.25. The van der Waals surface area contributed by atoms with Gasteiger partial charge in [0, 0.05) is 32.4 Å². The van der Waals surface area contributed by atoms with E-state index in [9.17, 15) is 0 Å². The quantitative estimate of drug-likeness (QED) is 0.818. The molecule has 0 unspecified atom stereocenters. The molecule has 1 aliphatic rings. The minimum absolute atomic E-state index is 0.671. The van der Waals surface area contributed by atoms with Crippen LogP contribution in [0.3, 0.4) is 0 Å². The average molecular weight is 233 g/mol. The Morgan fingerprint density at radius 2 is 2.24 bits per heavy atom. The SMILES string of the molecule is CC(C)CN(C)c1cnccc1CNC1CC1. The first-order chi connectivity index (χ1) is 8.16. The molecule has 0 atom stereocenters. The standard InChI is InChI=1S/C14H23N3/c1-11(2)10-17(3)14-9-15-7-6-12(14)8-16-13-4-5-13/h6-7,9,11,13,16H,4-5,8,10H2,1-3H3. The van der Waals surface area contributed by atoms with E-state index in [2.05, 4.69) is 42.2 Å². The molecule has 0 saturated heterocycles. The van der Waals surface area contributed by atoms with Gasteiger partial charge in [-0.1, -0.05) is 13.8 Å². The van der Waals surface area contributed by atoms with Crippen molar-refractivity contribution >= 4 is 5.69 Å². The van der Waals surface area contributed by atoms with E-state index in [4.69, 9.17) is 0 Å². The van der Waals surface area contributed by atoms with Crippen molar-refractivity contribution < 1.29 is 0 Å². The van der Waals surface area contributed by atoms with Crippen LogP contribution in [0.4, 0.5) is 5.69 Å². The van der Waals surface area contributed by atoms with Crippen LogP contribution in [0.15, 0.2) is 18.5 Å². The lowest BCUT2D eigenvalue weighted by Gasteiger charge is -2.24. The van der Waals surface area contributed by atoms with Crippen LogP contribution in [0.2, 0.25) is 0 Å². The summed E-state index contributed by atoms with van der Waals surface area (Å²) in [5.74, 6) is 0.671. The van der Waals surface area contributed by atoms with Gasteiger partial charge in [0.05, 0.1) is 11.9 Å². The van der Waals surface area contributed by atoms with Crippen molar-refractivity contribution in [2.24, 2.45) is 5.92 Å². The molecule has 1 saturated carbocycles. The fourth-order valence-electron chi connectivity index (χ4n) is 2.10. The molecule has 17 heavy (non-hydrogen) atoms.